The number of carbonyl (C=O) groups excluding carboxylic acids is 1. The van der Waals surface area contributed by atoms with E-state index in [1.165, 1.54) is 11.1 Å². The molecule has 0 spiro atoms. The molecule has 0 aliphatic carbocycles. The molecule has 1 amide bonds. The second-order valence-corrected chi connectivity index (χ2v) is 5.85. The number of fused-ring (bicyclic) bond motifs is 1. The summed E-state index contributed by atoms with van der Waals surface area (Å²) in [5.41, 5.74) is 2.62. The van der Waals surface area contributed by atoms with Gasteiger partial charge in [0.25, 0.3) is 0 Å². The molecule has 104 valence electrons. The van der Waals surface area contributed by atoms with E-state index in [9.17, 15) is 4.79 Å². The van der Waals surface area contributed by atoms with Crippen molar-refractivity contribution in [2.75, 3.05) is 13.6 Å². The van der Waals surface area contributed by atoms with Gasteiger partial charge in [-0.25, -0.2) is 0 Å². The van der Waals surface area contributed by atoms with Crippen molar-refractivity contribution in [3.63, 3.8) is 0 Å². The van der Waals surface area contributed by atoms with Gasteiger partial charge < -0.3 is 10.2 Å². The van der Waals surface area contributed by atoms with Crippen LogP contribution in [0.4, 0.5) is 0 Å². The van der Waals surface area contributed by atoms with E-state index in [0.29, 0.717) is 5.92 Å². The van der Waals surface area contributed by atoms with Gasteiger partial charge in [-0.1, -0.05) is 38.1 Å². The van der Waals surface area contributed by atoms with Gasteiger partial charge in [-0.05, 0) is 29.9 Å². The third kappa shape index (κ3) is 3.57. The lowest BCUT2D eigenvalue weighted by molar-refractivity contribution is -0.132. The van der Waals surface area contributed by atoms with E-state index in [-0.39, 0.29) is 11.9 Å². The minimum Gasteiger partial charge on any atom is -0.344 e. The number of nitrogens with zero attached hydrogens (tertiary/aromatic N) is 1. The summed E-state index contributed by atoms with van der Waals surface area (Å²) in [6.07, 6.45) is 1.87. The largest absolute Gasteiger partial charge is 0.344 e. The van der Waals surface area contributed by atoms with E-state index in [2.05, 4.69) is 37.4 Å². The number of amides is 1. The predicted octanol–water partition coefficient (Wildman–Crippen LogP) is 2.21. The van der Waals surface area contributed by atoms with Gasteiger partial charge in [0.05, 0.1) is 6.04 Å². The Morgan fingerprint density at radius 3 is 2.74 bits per heavy atom. The molecule has 2 rings (SSSR count). The molecule has 3 heteroatoms. The van der Waals surface area contributed by atoms with Crippen molar-refractivity contribution >= 4 is 5.91 Å². The second-order valence-electron chi connectivity index (χ2n) is 5.85. The van der Waals surface area contributed by atoms with Gasteiger partial charge in [-0.2, -0.15) is 0 Å². The molecule has 0 saturated carbocycles. The van der Waals surface area contributed by atoms with Crippen LogP contribution in [-0.2, 0) is 17.8 Å². The lowest BCUT2D eigenvalue weighted by Crippen LogP contribution is -2.48. The molecule has 1 aliphatic heterocycles. The minimum absolute atomic E-state index is 0.0629. The first kappa shape index (κ1) is 14.1. The average Bonchev–Trinajstić information content (AvgIpc) is 2.43. The van der Waals surface area contributed by atoms with Crippen LogP contribution in [-0.4, -0.2) is 30.4 Å². The van der Waals surface area contributed by atoms with E-state index in [4.69, 9.17) is 0 Å². The third-order valence-electron chi connectivity index (χ3n) is 3.80. The molecule has 1 aromatic rings. The van der Waals surface area contributed by atoms with Crippen LogP contribution in [0, 0.1) is 5.92 Å². The monoisotopic (exact) mass is 260 g/mol. The van der Waals surface area contributed by atoms with Crippen molar-refractivity contribution in [3.8, 4) is 0 Å². The summed E-state index contributed by atoms with van der Waals surface area (Å²) in [5, 5.41) is 3.35. The summed E-state index contributed by atoms with van der Waals surface area (Å²) in [5.74, 6) is 0.852. The number of hydrogen-bond donors (Lipinski definition) is 1. The molecule has 3 nitrogen and oxygen atoms in total. The standard InChI is InChI=1S/C16H24N2O/c1-12(2)8-9-18(3)16(19)15-10-13-6-4-5-7-14(13)11-17-15/h4-7,12,15,17H,8-11H2,1-3H3. The lowest BCUT2D eigenvalue weighted by atomic mass is 9.95. The highest BCUT2D eigenvalue weighted by molar-refractivity contribution is 5.82. The molecule has 0 saturated heterocycles. The van der Waals surface area contributed by atoms with Crippen molar-refractivity contribution in [1.82, 2.24) is 10.2 Å². The zero-order valence-electron chi connectivity index (χ0n) is 12.1. The molecular formula is C16H24N2O. The van der Waals surface area contributed by atoms with Crippen molar-refractivity contribution in [3.05, 3.63) is 35.4 Å². The maximum atomic E-state index is 12.4. The first-order valence-electron chi connectivity index (χ1n) is 7.13. The van der Waals surface area contributed by atoms with Crippen LogP contribution in [0.1, 0.15) is 31.4 Å². The molecule has 1 unspecified atom stereocenters. The molecule has 0 bridgehead atoms. The van der Waals surface area contributed by atoms with E-state index < -0.39 is 0 Å². The fourth-order valence-electron chi connectivity index (χ4n) is 2.46. The zero-order valence-corrected chi connectivity index (χ0v) is 12.1. The maximum absolute atomic E-state index is 12.4. The van der Waals surface area contributed by atoms with Crippen molar-refractivity contribution in [1.29, 1.82) is 0 Å². The Labute approximate surface area is 116 Å². The molecule has 0 radical (unpaired) electrons. The van der Waals surface area contributed by atoms with E-state index in [1.54, 1.807) is 0 Å². The minimum atomic E-state index is -0.0629. The summed E-state index contributed by atoms with van der Waals surface area (Å²) in [6, 6.07) is 8.30. The quantitative estimate of drug-likeness (QED) is 0.900. The highest BCUT2D eigenvalue weighted by atomic mass is 16.2. The van der Waals surface area contributed by atoms with Gasteiger partial charge >= 0.3 is 0 Å². The molecule has 1 atom stereocenters. The SMILES string of the molecule is CC(C)CCN(C)C(=O)C1Cc2ccccc2CN1. The lowest BCUT2D eigenvalue weighted by Gasteiger charge is -2.29. The van der Waals surface area contributed by atoms with Gasteiger partial charge in [0.2, 0.25) is 5.91 Å². The molecule has 1 heterocycles. The summed E-state index contributed by atoms with van der Waals surface area (Å²) >= 11 is 0. The summed E-state index contributed by atoms with van der Waals surface area (Å²) < 4.78 is 0. The van der Waals surface area contributed by atoms with Crippen LogP contribution in [0.15, 0.2) is 24.3 Å². The highest BCUT2D eigenvalue weighted by Gasteiger charge is 2.26. The van der Waals surface area contributed by atoms with Gasteiger partial charge in [0.15, 0.2) is 0 Å². The average molecular weight is 260 g/mol. The van der Waals surface area contributed by atoms with Crippen molar-refractivity contribution in [2.24, 2.45) is 5.92 Å². The van der Waals surface area contributed by atoms with E-state index in [0.717, 1.165) is 25.9 Å². The number of carbonyl (C=O) groups is 1. The van der Waals surface area contributed by atoms with Crippen molar-refractivity contribution < 1.29 is 4.79 Å². The zero-order chi connectivity index (χ0) is 13.8. The Morgan fingerprint density at radius 2 is 2.05 bits per heavy atom. The fourth-order valence-corrected chi connectivity index (χ4v) is 2.46. The Balaban J connectivity index is 1.95. The smallest absolute Gasteiger partial charge is 0.239 e. The topological polar surface area (TPSA) is 32.3 Å². The van der Waals surface area contributed by atoms with Crippen LogP contribution in [0.5, 0.6) is 0 Å². The van der Waals surface area contributed by atoms with Crippen LogP contribution < -0.4 is 5.32 Å². The van der Waals surface area contributed by atoms with Crippen LogP contribution in [0.25, 0.3) is 0 Å². The Kier molecular flexibility index (Phi) is 4.59. The van der Waals surface area contributed by atoms with Gasteiger partial charge in [0, 0.05) is 20.1 Å². The summed E-state index contributed by atoms with van der Waals surface area (Å²) in [6.45, 7) is 6.02. The molecule has 1 aliphatic rings. The highest BCUT2D eigenvalue weighted by Crippen LogP contribution is 2.17. The Hall–Kier alpha value is -1.35. The summed E-state index contributed by atoms with van der Waals surface area (Å²) in [4.78, 5) is 14.3. The van der Waals surface area contributed by atoms with Gasteiger partial charge in [0.1, 0.15) is 0 Å². The van der Waals surface area contributed by atoms with E-state index >= 15 is 0 Å². The first-order valence-corrected chi connectivity index (χ1v) is 7.13. The van der Waals surface area contributed by atoms with Gasteiger partial charge in [-0.15, -0.1) is 0 Å². The molecule has 1 aromatic carbocycles. The number of hydrogen-bond acceptors (Lipinski definition) is 2. The molecule has 0 aromatic heterocycles. The van der Waals surface area contributed by atoms with Crippen LogP contribution in [0.3, 0.4) is 0 Å². The molecule has 0 fully saturated rings. The maximum Gasteiger partial charge on any atom is 0.239 e. The molecular weight excluding hydrogens is 236 g/mol. The summed E-state index contributed by atoms with van der Waals surface area (Å²) in [7, 11) is 1.91. The predicted molar refractivity (Wildman–Crippen MR) is 77.9 cm³/mol. The second kappa shape index (κ2) is 6.20. The Bertz CT molecular complexity index is 442. The number of likely N-dealkylation sites (N-methyl/N-ethyl adjacent to an activating group) is 1. The fraction of sp³-hybridized carbons (Fsp3) is 0.562. The van der Waals surface area contributed by atoms with Crippen LogP contribution >= 0.6 is 0 Å². The molecule has 1 N–H and O–H groups in total. The Morgan fingerprint density at radius 1 is 1.37 bits per heavy atom. The third-order valence-corrected chi connectivity index (χ3v) is 3.80. The normalized spacial score (nSPS) is 18.2. The number of rotatable bonds is 4. The molecule has 19 heavy (non-hydrogen) atoms. The van der Waals surface area contributed by atoms with Crippen molar-refractivity contribution in [2.45, 2.75) is 39.3 Å². The van der Waals surface area contributed by atoms with Crippen LogP contribution in [0.2, 0.25) is 0 Å². The number of nitrogens with one attached hydrogen (secondary N) is 1. The first-order chi connectivity index (χ1) is 9.08. The van der Waals surface area contributed by atoms with Gasteiger partial charge in [-0.3, -0.25) is 4.79 Å². The number of benzene rings is 1. The van der Waals surface area contributed by atoms with E-state index in [1.807, 2.05) is 18.0 Å².